The quantitative estimate of drug-likeness (QED) is 0.382. The molecule has 1 unspecified atom stereocenters. The van der Waals surface area contributed by atoms with Crippen molar-refractivity contribution in [1.82, 2.24) is 10.2 Å². The second-order valence-corrected chi connectivity index (χ2v) is 10.5. The first kappa shape index (κ1) is 20.8. The molecule has 8 heteroatoms. The molecule has 1 aliphatic rings. The molecule has 0 saturated heterocycles. The lowest BCUT2D eigenvalue weighted by Crippen LogP contribution is -2.29. The summed E-state index contributed by atoms with van der Waals surface area (Å²) in [6.07, 6.45) is 0. The van der Waals surface area contributed by atoms with Crippen LogP contribution in [-0.4, -0.2) is 16.1 Å². The van der Waals surface area contributed by atoms with E-state index in [1.54, 1.807) is 18.2 Å². The minimum Gasteiger partial charge on any atom is -0.450 e. The molecular formula is C24H20ClN3O3S. The van der Waals surface area contributed by atoms with Crippen LogP contribution in [0.15, 0.2) is 51.7 Å². The van der Waals surface area contributed by atoms with E-state index < -0.39 is 11.9 Å². The molecule has 1 atom stereocenters. The van der Waals surface area contributed by atoms with E-state index in [1.165, 1.54) is 16.2 Å². The first-order valence-corrected chi connectivity index (χ1v) is 11.3. The van der Waals surface area contributed by atoms with Gasteiger partial charge in [0.25, 0.3) is 5.91 Å². The smallest absolute Gasteiger partial charge is 0.297 e. The lowest BCUT2D eigenvalue weighted by molar-refractivity contribution is 0.0970. The molecule has 0 bridgehead atoms. The van der Waals surface area contributed by atoms with Crippen molar-refractivity contribution >= 4 is 44.9 Å². The number of anilines is 1. The maximum atomic E-state index is 13.6. The average molecular weight is 466 g/mol. The molecule has 0 aliphatic carbocycles. The minimum atomic E-state index is -0.668. The Morgan fingerprint density at radius 2 is 1.78 bits per heavy atom. The van der Waals surface area contributed by atoms with Crippen molar-refractivity contribution in [2.45, 2.75) is 39.2 Å². The molecule has 1 amide bonds. The maximum Gasteiger partial charge on any atom is 0.297 e. The molecule has 6 nitrogen and oxygen atoms in total. The van der Waals surface area contributed by atoms with Crippen molar-refractivity contribution in [2.24, 2.45) is 0 Å². The van der Waals surface area contributed by atoms with Crippen LogP contribution in [0.1, 0.15) is 59.1 Å². The lowest BCUT2D eigenvalue weighted by atomic mass is 9.86. The second kappa shape index (κ2) is 7.25. The van der Waals surface area contributed by atoms with Gasteiger partial charge in [0.1, 0.15) is 10.6 Å². The standard InChI is InChI=1S/C24H20ClN3O3S/c1-12-26-27-23(32-12)28-19(13-5-7-14(8-6-13)24(2,3)4)18-20(29)16-11-15(25)9-10-17(16)31-21(18)22(28)30/h5-11,19H,1-4H3. The van der Waals surface area contributed by atoms with Crippen molar-refractivity contribution in [3.63, 3.8) is 0 Å². The largest absolute Gasteiger partial charge is 0.450 e. The topological polar surface area (TPSA) is 76.3 Å². The van der Waals surface area contributed by atoms with Crippen molar-refractivity contribution in [1.29, 1.82) is 0 Å². The molecule has 162 valence electrons. The Morgan fingerprint density at radius 3 is 2.41 bits per heavy atom. The molecule has 32 heavy (non-hydrogen) atoms. The average Bonchev–Trinajstić information content (AvgIpc) is 3.29. The highest BCUT2D eigenvalue weighted by Crippen LogP contribution is 2.42. The van der Waals surface area contributed by atoms with E-state index in [4.69, 9.17) is 16.0 Å². The Morgan fingerprint density at radius 1 is 1.06 bits per heavy atom. The Labute approximate surface area is 193 Å². The van der Waals surface area contributed by atoms with Gasteiger partial charge < -0.3 is 4.42 Å². The number of benzene rings is 2. The SMILES string of the molecule is Cc1nnc(N2C(=O)c3oc4ccc(Cl)cc4c(=O)c3C2c2ccc(C(C)(C)C)cc2)s1. The van der Waals surface area contributed by atoms with Gasteiger partial charge in [0.2, 0.25) is 10.9 Å². The Bertz CT molecular complexity index is 1430. The summed E-state index contributed by atoms with van der Waals surface area (Å²) >= 11 is 7.43. The zero-order chi connectivity index (χ0) is 22.8. The van der Waals surface area contributed by atoms with Crippen LogP contribution in [0.25, 0.3) is 11.0 Å². The predicted octanol–water partition coefficient (Wildman–Crippen LogP) is 5.65. The van der Waals surface area contributed by atoms with Gasteiger partial charge in [-0.3, -0.25) is 14.5 Å². The number of fused-ring (bicyclic) bond motifs is 2. The van der Waals surface area contributed by atoms with Crippen LogP contribution in [-0.2, 0) is 5.41 Å². The van der Waals surface area contributed by atoms with Gasteiger partial charge >= 0.3 is 0 Å². The summed E-state index contributed by atoms with van der Waals surface area (Å²) in [4.78, 5) is 28.6. The number of aryl methyl sites for hydroxylation is 1. The number of hydrogen-bond donors (Lipinski definition) is 0. The van der Waals surface area contributed by atoms with Crippen molar-refractivity contribution in [3.8, 4) is 0 Å². The first-order chi connectivity index (χ1) is 15.1. The number of amides is 1. The number of nitrogens with zero attached hydrogens (tertiary/aromatic N) is 3. The molecule has 0 spiro atoms. The first-order valence-electron chi connectivity index (χ1n) is 10.2. The van der Waals surface area contributed by atoms with Crippen molar-refractivity contribution in [3.05, 3.63) is 85.2 Å². The summed E-state index contributed by atoms with van der Waals surface area (Å²) in [5.41, 5.74) is 2.27. The van der Waals surface area contributed by atoms with Crippen LogP contribution < -0.4 is 10.3 Å². The van der Waals surface area contributed by atoms with Gasteiger partial charge in [-0.15, -0.1) is 10.2 Å². The molecule has 2 aromatic carbocycles. The van der Waals surface area contributed by atoms with E-state index in [2.05, 4.69) is 31.0 Å². The van der Waals surface area contributed by atoms with Gasteiger partial charge in [-0.25, -0.2) is 0 Å². The van der Waals surface area contributed by atoms with Gasteiger partial charge in [-0.05, 0) is 41.7 Å². The van der Waals surface area contributed by atoms with Crippen LogP contribution in [0.3, 0.4) is 0 Å². The summed E-state index contributed by atoms with van der Waals surface area (Å²) in [6.45, 7) is 8.23. The van der Waals surface area contributed by atoms with E-state index in [0.717, 1.165) is 16.1 Å². The molecule has 0 fully saturated rings. The maximum absolute atomic E-state index is 13.6. The molecule has 5 rings (SSSR count). The van der Waals surface area contributed by atoms with Crippen molar-refractivity contribution in [2.75, 3.05) is 4.90 Å². The molecule has 3 heterocycles. The lowest BCUT2D eigenvalue weighted by Gasteiger charge is -2.24. The van der Waals surface area contributed by atoms with Gasteiger partial charge in [0, 0.05) is 5.02 Å². The molecular weight excluding hydrogens is 446 g/mol. The van der Waals surface area contributed by atoms with Crippen LogP contribution in [0.4, 0.5) is 5.13 Å². The van der Waals surface area contributed by atoms with Gasteiger partial charge in [-0.2, -0.15) is 0 Å². The van der Waals surface area contributed by atoms with E-state index in [9.17, 15) is 9.59 Å². The van der Waals surface area contributed by atoms with E-state index in [-0.39, 0.29) is 16.6 Å². The van der Waals surface area contributed by atoms with Crippen LogP contribution in [0, 0.1) is 6.92 Å². The highest BCUT2D eigenvalue weighted by molar-refractivity contribution is 7.15. The highest BCUT2D eigenvalue weighted by Gasteiger charge is 2.45. The van der Waals surface area contributed by atoms with Crippen LogP contribution >= 0.6 is 22.9 Å². The normalized spacial score (nSPS) is 16.1. The number of halogens is 1. The zero-order valence-electron chi connectivity index (χ0n) is 18.0. The highest BCUT2D eigenvalue weighted by atomic mass is 35.5. The number of hydrogen-bond acceptors (Lipinski definition) is 6. The fraction of sp³-hybridized carbons (Fsp3) is 0.250. The summed E-state index contributed by atoms with van der Waals surface area (Å²) in [5, 5.41) is 10.2. The molecule has 0 N–H and O–H groups in total. The predicted molar refractivity (Wildman–Crippen MR) is 126 cm³/mol. The summed E-state index contributed by atoms with van der Waals surface area (Å²) < 4.78 is 5.95. The van der Waals surface area contributed by atoms with Crippen LogP contribution in [0.2, 0.25) is 5.02 Å². The van der Waals surface area contributed by atoms with Gasteiger partial charge in [0.15, 0.2) is 5.43 Å². The Balaban J connectivity index is 1.77. The van der Waals surface area contributed by atoms with Gasteiger partial charge in [-0.1, -0.05) is 68.0 Å². The van der Waals surface area contributed by atoms with E-state index in [0.29, 0.717) is 26.7 Å². The van der Waals surface area contributed by atoms with Gasteiger partial charge in [0.05, 0.1) is 17.0 Å². The molecule has 1 aliphatic heterocycles. The van der Waals surface area contributed by atoms with Crippen LogP contribution in [0.5, 0.6) is 0 Å². The number of rotatable bonds is 2. The van der Waals surface area contributed by atoms with E-state index in [1.807, 2.05) is 31.2 Å². The number of carbonyl (C=O) groups is 1. The molecule has 0 saturated carbocycles. The second-order valence-electron chi connectivity index (χ2n) is 8.87. The summed E-state index contributed by atoms with van der Waals surface area (Å²) in [6, 6.07) is 12.1. The monoisotopic (exact) mass is 465 g/mol. The molecule has 0 radical (unpaired) electrons. The zero-order valence-corrected chi connectivity index (χ0v) is 19.5. The third-order valence-corrected chi connectivity index (χ3v) is 6.72. The fourth-order valence-electron chi connectivity index (χ4n) is 4.01. The number of carbonyl (C=O) groups excluding carboxylic acids is 1. The molecule has 4 aromatic rings. The Kier molecular flexibility index (Phi) is 4.72. The summed E-state index contributed by atoms with van der Waals surface area (Å²) in [5.74, 6) is -0.377. The third kappa shape index (κ3) is 3.24. The minimum absolute atomic E-state index is 0.0239. The van der Waals surface area contributed by atoms with E-state index >= 15 is 0 Å². The summed E-state index contributed by atoms with van der Waals surface area (Å²) in [7, 11) is 0. The number of aromatic nitrogens is 2. The third-order valence-electron chi connectivity index (χ3n) is 5.65. The Hall–Kier alpha value is -3.03. The molecule has 2 aromatic heterocycles. The van der Waals surface area contributed by atoms with Crippen molar-refractivity contribution < 1.29 is 9.21 Å². The fourth-order valence-corrected chi connectivity index (χ4v) is 4.89.